The molecule has 0 atom stereocenters. The van der Waals surface area contributed by atoms with E-state index in [9.17, 15) is 14.4 Å². The number of aryl methyl sites for hydroxylation is 3. The quantitative estimate of drug-likeness (QED) is 0.543. The maximum absolute atomic E-state index is 13.0. The van der Waals surface area contributed by atoms with Crippen LogP contribution in [0.5, 0.6) is 0 Å². The van der Waals surface area contributed by atoms with E-state index in [-0.39, 0.29) is 23.9 Å². The van der Waals surface area contributed by atoms with Gasteiger partial charge in [0, 0.05) is 23.2 Å². The van der Waals surface area contributed by atoms with Crippen LogP contribution >= 0.6 is 27.3 Å². The standard InChI is InChI=1S/C22H25BrN4O3S/c1-6-26(7-2)16(28)10-27-11-24-21-17(22(27)30)14(5)19(31-21)20(29)25-18-12(3)8-15(23)9-13(18)4/h8-9,11H,6-7,10H2,1-5H3,(H,25,29). The number of rotatable bonds is 6. The first kappa shape index (κ1) is 23.1. The average Bonchev–Trinajstić information content (AvgIpc) is 3.05. The highest BCUT2D eigenvalue weighted by atomic mass is 79.9. The van der Waals surface area contributed by atoms with Crippen molar-refractivity contribution in [2.75, 3.05) is 18.4 Å². The zero-order chi connectivity index (χ0) is 22.9. The van der Waals surface area contributed by atoms with E-state index >= 15 is 0 Å². The minimum absolute atomic E-state index is 0.0719. The summed E-state index contributed by atoms with van der Waals surface area (Å²) >= 11 is 4.64. The van der Waals surface area contributed by atoms with E-state index in [1.165, 1.54) is 22.2 Å². The molecule has 2 aromatic heterocycles. The van der Waals surface area contributed by atoms with Gasteiger partial charge < -0.3 is 10.2 Å². The van der Waals surface area contributed by atoms with Crippen molar-refractivity contribution in [1.29, 1.82) is 0 Å². The third-order valence-electron chi connectivity index (χ3n) is 5.28. The molecule has 0 radical (unpaired) electrons. The highest BCUT2D eigenvalue weighted by Crippen LogP contribution is 2.30. The molecule has 0 saturated heterocycles. The van der Waals surface area contributed by atoms with Gasteiger partial charge in [0.2, 0.25) is 5.91 Å². The van der Waals surface area contributed by atoms with Crippen molar-refractivity contribution in [3.63, 3.8) is 0 Å². The molecule has 0 saturated carbocycles. The molecule has 164 valence electrons. The summed E-state index contributed by atoms with van der Waals surface area (Å²) in [6, 6.07) is 3.88. The molecule has 0 fully saturated rings. The largest absolute Gasteiger partial charge is 0.342 e. The number of nitrogens with one attached hydrogen (secondary N) is 1. The van der Waals surface area contributed by atoms with E-state index in [0.717, 1.165) is 21.3 Å². The minimum atomic E-state index is -0.311. The zero-order valence-electron chi connectivity index (χ0n) is 18.2. The second-order valence-electron chi connectivity index (χ2n) is 7.35. The Bertz CT molecular complexity index is 1200. The van der Waals surface area contributed by atoms with Crippen LogP contribution in [-0.4, -0.2) is 39.4 Å². The lowest BCUT2D eigenvalue weighted by atomic mass is 10.1. The first-order valence-electron chi connectivity index (χ1n) is 10.0. The van der Waals surface area contributed by atoms with Crippen molar-refractivity contribution in [1.82, 2.24) is 14.5 Å². The van der Waals surface area contributed by atoms with Gasteiger partial charge in [-0.15, -0.1) is 11.3 Å². The Morgan fingerprint density at radius 2 is 1.77 bits per heavy atom. The van der Waals surface area contributed by atoms with Gasteiger partial charge in [-0.2, -0.15) is 0 Å². The summed E-state index contributed by atoms with van der Waals surface area (Å²) in [6.45, 7) is 10.5. The third kappa shape index (κ3) is 4.57. The lowest BCUT2D eigenvalue weighted by Gasteiger charge is -2.18. The number of carbonyl (C=O) groups excluding carboxylic acids is 2. The van der Waals surface area contributed by atoms with Crippen LogP contribution in [0.1, 0.15) is 40.2 Å². The summed E-state index contributed by atoms with van der Waals surface area (Å²) in [5, 5.41) is 3.36. The Morgan fingerprint density at radius 1 is 1.16 bits per heavy atom. The molecule has 2 heterocycles. The first-order valence-corrected chi connectivity index (χ1v) is 11.6. The van der Waals surface area contributed by atoms with Crippen molar-refractivity contribution in [2.24, 2.45) is 0 Å². The van der Waals surface area contributed by atoms with Crippen LogP contribution in [-0.2, 0) is 11.3 Å². The van der Waals surface area contributed by atoms with Crippen LogP contribution in [0.15, 0.2) is 27.7 Å². The lowest BCUT2D eigenvalue weighted by molar-refractivity contribution is -0.131. The predicted molar refractivity (Wildman–Crippen MR) is 128 cm³/mol. The maximum Gasteiger partial charge on any atom is 0.266 e. The van der Waals surface area contributed by atoms with E-state index in [1.54, 1.807) is 11.8 Å². The lowest BCUT2D eigenvalue weighted by Crippen LogP contribution is -2.36. The summed E-state index contributed by atoms with van der Waals surface area (Å²) in [4.78, 5) is 45.4. The fraction of sp³-hybridized carbons (Fsp3) is 0.364. The summed E-state index contributed by atoms with van der Waals surface area (Å²) in [7, 11) is 0. The van der Waals surface area contributed by atoms with Crippen molar-refractivity contribution in [3.8, 4) is 0 Å². The molecule has 7 nitrogen and oxygen atoms in total. The zero-order valence-corrected chi connectivity index (χ0v) is 20.6. The number of halogens is 1. The highest BCUT2D eigenvalue weighted by molar-refractivity contribution is 9.10. The third-order valence-corrected chi connectivity index (χ3v) is 6.94. The van der Waals surface area contributed by atoms with Gasteiger partial charge in [0.1, 0.15) is 11.4 Å². The van der Waals surface area contributed by atoms with E-state index in [0.29, 0.717) is 33.7 Å². The Hall–Kier alpha value is -2.52. The molecule has 1 N–H and O–H groups in total. The molecular weight excluding hydrogens is 480 g/mol. The molecule has 9 heteroatoms. The Morgan fingerprint density at radius 3 is 2.35 bits per heavy atom. The molecule has 0 unspecified atom stereocenters. The van der Waals surface area contributed by atoms with Crippen molar-refractivity contribution >= 4 is 55.0 Å². The smallest absolute Gasteiger partial charge is 0.266 e. The van der Waals surface area contributed by atoms with Gasteiger partial charge in [-0.3, -0.25) is 19.0 Å². The normalized spacial score (nSPS) is 11.0. The summed E-state index contributed by atoms with van der Waals surface area (Å²) in [5.74, 6) is -0.417. The van der Waals surface area contributed by atoms with Gasteiger partial charge in [0.05, 0.1) is 16.6 Å². The second-order valence-corrected chi connectivity index (χ2v) is 9.26. The molecule has 0 bridgehead atoms. The number of benzene rings is 1. The van der Waals surface area contributed by atoms with Gasteiger partial charge in [0.15, 0.2) is 0 Å². The van der Waals surface area contributed by atoms with Crippen LogP contribution in [0.4, 0.5) is 5.69 Å². The number of amides is 2. The number of hydrogen-bond acceptors (Lipinski definition) is 5. The Balaban J connectivity index is 1.96. The summed E-state index contributed by atoms with van der Waals surface area (Å²) in [6.07, 6.45) is 1.38. The molecule has 0 aliphatic rings. The summed E-state index contributed by atoms with van der Waals surface area (Å²) in [5.41, 5.74) is 2.89. The topological polar surface area (TPSA) is 84.3 Å². The van der Waals surface area contributed by atoms with E-state index < -0.39 is 0 Å². The number of carbonyl (C=O) groups is 2. The highest BCUT2D eigenvalue weighted by Gasteiger charge is 2.21. The van der Waals surface area contributed by atoms with Crippen molar-refractivity contribution in [3.05, 3.63) is 54.9 Å². The Labute approximate surface area is 193 Å². The number of aromatic nitrogens is 2. The number of nitrogens with zero attached hydrogens (tertiary/aromatic N) is 3. The number of likely N-dealkylation sites (N-methyl/N-ethyl adjacent to an activating group) is 1. The molecule has 0 aliphatic carbocycles. The molecule has 0 aliphatic heterocycles. The molecule has 2 amide bonds. The van der Waals surface area contributed by atoms with E-state index in [2.05, 4.69) is 26.2 Å². The van der Waals surface area contributed by atoms with Gasteiger partial charge in [-0.25, -0.2) is 4.98 Å². The predicted octanol–water partition coefficient (Wildman–Crippen LogP) is 4.27. The molecule has 0 spiro atoms. The number of thiophene rings is 1. The van der Waals surface area contributed by atoms with Gasteiger partial charge in [0.25, 0.3) is 11.5 Å². The first-order chi connectivity index (χ1) is 14.7. The van der Waals surface area contributed by atoms with Gasteiger partial charge in [-0.05, 0) is 63.4 Å². The second kappa shape index (κ2) is 9.32. The fourth-order valence-electron chi connectivity index (χ4n) is 3.59. The van der Waals surface area contributed by atoms with E-state index in [4.69, 9.17) is 0 Å². The number of fused-ring (bicyclic) bond motifs is 1. The van der Waals surface area contributed by atoms with Crippen LogP contribution in [0.25, 0.3) is 10.2 Å². The van der Waals surface area contributed by atoms with E-state index in [1.807, 2.05) is 39.8 Å². The van der Waals surface area contributed by atoms with Crippen molar-refractivity contribution in [2.45, 2.75) is 41.2 Å². The molecule has 31 heavy (non-hydrogen) atoms. The van der Waals surface area contributed by atoms with Gasteiger partial charge in [-0.1, -0.05) is 15.9 Å². The van der Waals surface area contributed by atoms with Crippen LogP contribution in [0.2, 0.25) is 0 Å². The number of hydrogen-bond donors (Lipinski definition) is 1. The SMILES string of the molecule is CCN(CC)C(=O)Cn1cnc2sc(C(=O)Nc3c(C)cc(Br)cc3C)c(C)c2c1=O. The van der Waals surface area contributed by atoms with Crippen LogP contribution < -0.4 is 10.9 Å². The maximum atomic E-state index is 13.0. The molecule has 1 aromatic carbocycles. The molecule has 3 rings (SSSR count). The Kier molecular flexibility index (Phi) is 6.96. The van der Waals surface area contributed by atoms with Crippen molar-refractivity contribution < 1.29 is 9.59 Å². The summed E-state index contributed by atoms with van der Waals surface area (Å²) < 4.78 is 2.26. The van der Waals surface area contributed by atoms with Gasteiger partial charge >= 0.3 is 0 Å². The monoisotopic (exact) mass is 504 g/mol. The minimum Gasteiger partial charge on any atom is -0.342 e. The fourth-order valence-corrected chi connectivity index (χ4v) is 5.31. The van der Waals surface area contributed by atoms with Crippen LogP contribution in [0.3, 0.4) is 0 Å². The number of anilines is 1. The van der Waals surface area contributed by atoms with Crippen LogP contribution in [0, 0.1) is 20.8 Å². The molecule has 3 aromatic rings. The average molecular weight is 505 g/mol. The molecular formula is C22H25BrN4O3S.